The fourth-order valence-corrected chi connectivity index (χ4v) is 4.21. The molecule has 3 aromatic rings. The van der Waals surface area contributed by atoms with Gasteiger partial charge in [-0.3, -0.25) is 4.79 Å². The van der Waals surface area contributed by atoms with Crippen molar-refractivity contribution in [2.45, 2.75) is 31.2 Å². The molecule has 1 aliphatic rings. The van der Waals surface area contributed by atoms with E-state index >= 15 is 0 Å². The van der Waals surface area contributed by atoms with Crippen molar-refractivity contribution in [1.82, 2.24) is 10.6 Å². The number of carbonyl (C=O) groups excluding carboxylic acids is 2. The first-order valence-corrected chi connectivity index (χ1v) is 11.2. The van der Waals surface area contributed by atoms with Crippen molar-refractivity contribution in [1.29, 1.82) is 0 Å². The number of benzene rings is 2. The van der Waals surface area contributed by atoms with E-state index in [-0.39, 0.29) is 30.6 Å². The first-order chi connectivity index (χ1) is 16.5. The van der Waals surface area contributed by atoms with Gasteiger partial charge in [-0.2, -0.15) is 0 Å². The zero-order valence-electron chi connectivity index (χ0n) is 18.5. The molecule has 3 N–H and O–H groups in total. The van der Waals surface area contributed by atoms with Gasteiger partial charge in [0.25, 0.3) is 5.91 Å². The van der Waals surface area contributed by atoms with Crippen LogP contribution in [0.4, 0.5) is 4.79 Å². The van der Waals surface area contributed by atoms with E-state index in [1.165, 1.54) is 6.26 Å². The molecule has 8 nitrogen and oxygen atoms in total. The van der Waals surface area contributed by atoms with E-state index < -0.39 is 18.1 Å². The monoisotopic (exact) mass is 462 g/mol. The summed E-state index contributed by atoms with van der Waals surface area (Å²) in [5, 5.41) is 14.6. The predicted molar refractivity (Wildman–Crippen MR) is 125 cm³/mol. The highest BCUT2D eigenvalue weighted by molar-refractivity contribution is 5.91. The van der Waals surface area contributed by atoms with Crippen LogP contribution in [0.15, 0.2) is 71.3 Å². The number of nitrogens with one attached hydrogen (secondary N) is 2. The number of carboxylic acids is 1. The summed E-state index contributed by atoms with van der Waals surface area (Å²) in [4.78, 5) is 35.8. The molecule has 0 fully saturated rings. The minimum Gasteiger partial charge on any atom is -0.480 e. The van der Waals surface area contributed by atoms with E-state index in [9.17, 15) is 19.5 Å². The molecule has 1 atom stereocenters. The van der Waals surface area contributed by atoms with Crippen LogP contribution < -0.4 is 10.6 Å². The maximum Gasteiger partial charge on any atom is 0.407 e. The summed E-state index contributed by atoms with van der Waals surface area (Å²) >= 11 is 0. The third-order valence-electron chi connectivity index (χ3n) is 5.88. The topological polar surface area (TPSA) is 118 Å². The Morgan fingerprint density at radius 3 is 2.24 bits per heavy atom. The van der Waals surface area contributed by atoms with Gasteiger partial charge in [0.2, 0.25) is 0 Å². The number of ether oxygens (including phenoxy) is 1. The lowest BCUT2D eigenvalue weighted by Gasteiger charge is -2.17. The molecule has 0 saturated heterocycles. The Morgan fingerprint density at radius 2 is 1.62 bits per heavy atom. The average Bonchev–Trinajstić information content (AvgIpc) is 3.49. The average molecular weight is 463 g/mol. The summed E-state index contributed by atoms with van der Waals surface area (Å²) in [5.74, 6) is -1.33. The van der Waals surface area contributed by atoms with Crippen molar-refractivity contribution < 1.29 is 28.6 Å². The zero-order valence-corrected chi connectivity index (χ0v) is 18.5. The predicted octanol–water partition coefficient (Wildman–Crippen LogP) is 4.17. The molecule has 2 amide bonds. The van der Waals surface area contributed by atoms with Crippen molar-refractivity contribution in [2.75, 3.05) is 13.2 Å². The number of alkyl carbamates (subject to hydrolysis) is 1. The molecule has 2 aromatic carbocycles. The molecule has 1 aromatic heterocycles. The van der Waals surface area contributed by atoms with Crippen molar-refractivity contribution in [2.24, 2.45) is 0 Å². The molecule has 0 radical (unpaired) electrons. The summed E-state index contributed by atoms with van der Waals surface area (Å²) in [7, 11) is 0. The lowest BCUT2D eigenvalue weighted by molar-refractivity contribution is -0.139. The SMILES string of the molecule is O=C(NC(CCCCNC(=O)c1ccco1)C(=O)O)OCC1c2ccccc2-c2ccccc21. The number of hydrogen-bond acceptors (Lipinski definition) is 5. The number of amides is 2. The minimum atomic E-state index is -1.13. The smallest absolute Gasteiger partial charge is 0.407 e. The first-order valence-electron chi connectivity index (χ1n) is 11.2. The maximum absolute atomic E-state index is 12.4. The summed E-state index contributed by atoms with van der Waals surface area (Å²) in [5.41, 5.74) is 4.41. The second kappa shape index (κ2) is 10.7. The van der Waals surface area contributed by atoms with Gasteiger partial charge in [0.1, 0.15) is 12.6 Å². The number of unbranched alkanes of at least 4 members (excludes halogenated alkanes) is 1. The number of carboxylic acid groups (broad SMARTS) is 1. The molecule has 0 aliphatic heterocycles. The van der Waals surface area contributed by atoms with Crippen LogP contribution in [-0.4, -0.2) is 42.3 Å². The standard InChI is InChI=1S/C26H26N2O6/c29-24(23-13-7-15-33-23)27-14-6-5-12-22(25(30)31)28-26(32)34-16-21-19-10-3-1-8-17(19)18-9-2-4-11-20(18)21/h1-4,7-11,13,15,21-22H,5-6,12,14,16H2,(H,27,29)(H,28,32)(H,30,31). The Hall–Kier alpha value is -4.07. The highest BCUT2D eigenvalue weighted by Gasteiger charge is 2.29. The molecular formula is C26H26N2O6. The number of rotatable bonds is 10. The van der Waals surface area contributed by atoms with Gasteiger partial charge < -0.3 is 24.9 Å². The molecule has 4 rings (SSSR count). The minimum absolute atomic E-state index is 0.0980. The lowest BCUT2D eigenvalue weighted by atomic mass is 9.98. The summed E-state index contributed by atoms with van der Waals surface area (Å²) < 4.78 is 10.5. The molecule has 8 heteroatoms. The number of aliphatic carboxylic acids is 1. The van der Waals surface area contributed by atoms with E-state index in [2.05, 4.69) is 10.6 Å². The van der Waals surface area contributed by atoms with E-state index in [4.69, 9.17) is 9.15 Å². The summed E-state index contributed by atoms with van der Waals surface area (Å²) in [6.07, 6.45) is 1.93. The quantitative estimate of drug-likeness (QED) is 0.389. The second-order valence-corrected chi connectivity index (χ2v) is 8.09. The zero-order chi connectivity index (χ0) is 23.9. The molecule has 0 spiro atoms. The molecular weight excluding hydrogens is 436 g/mol. The number of furan rings is 1. The summed E-state index contributed by atoms with van der Waals surface area (Å²) in [6, 6.07) is 18.1. The largest absolute Gasteiger partial charge is 0.480 e. The van der Waals surface area contributed by atoms with Crippen molar-refractivity contribution >= 4 is 18.0 Å². The highest BCUT2D eigenvalue weighted by atomic mass is 16.5. The van der Waals surface area contributed by atoms with Gasteiger partial charge in [-0.15, -0.1) is 0 Å². The van der Waals surface area contributed by atoms with Crippen LogP contribution in [0.1, 0.15) is 46.9 Å². The van der Waals surface area contributed by atoms with E-state index in [1.807, 2.05) is 48.5 Å². The number of fused-ring (bicyclic) bond motifs is 3. The maximum atomic E-state index is 12.4. The van der Waals surface area contributed by atoms with Crippen molar-refractivity contribution in [3.63, 3.8) is 0 Å². The Labute approximate surface area is 196 Å². The molecule has 0 bridgehead atoms. The molecule has 1 aliphatic carbocycles. The van der Waals surface area contributed by atoms with Gasteiger partial charge in [0.15, 0.2) is 5.76 Å². The molecule has 0 saturated carbocycles. The molecule has 34 heavy (non-hydrogen) atoms. The first kappa shape index (κ1) is 23.1. The Bertz CT molecular complexity index is 1110. The van der Waals surface area contributed by atoms with E-state index in [0.29, 0.717) is 19.4 Å². The van der Waals surface area contributed by atoms with Crippen LogP contribution in [0.2, 0.25) is 0 Å². The molecule has 1 unspecified atom stereocenters. The normalized spacial score (nSPS) is 12.9. The summed E-state index contributed by atoms with van der Waals surface area (Å²) in [6.45, 7) is 0.488. The van der Waals surface area contributed by atoms with Gasteiger partial charge in [0, 0.05) is 12.5 Å². The van der Waals surface area contributed by atoms with Crippen LogP contribution >= 0.6 is 0 Å². The Morgan fingerprint density at radius 1 is 0.941 bits per heavy atom. The van der Waals surface area contributed by atoms with E-state index in [0.717, 1.165) is 22.3 Å². The van der Waals surface area contributed by atoms with Gasteiger partial charge >= 0.3 is 12.1 Å². The highest BCUT2D eigenvalue weighted by Crippen LogP contribution is 2.44. The van der Waals surface area contributed by atoms with E-state index in [1.54, 1.807) is 12.1 Å². The van der Waals surface area contributed by atoms with Gasteiger partial charge in [-0.25, -0.2) is 9.59 Å². The lowest BCUT2D eigenvalue weighted by Crippen LogP contribution is -2.41. The Kier molecular flexibility index (Phi) is 7.27. The molecule has 176 valence electrons. The van der Waals surface area contributed by atoms with Crippen molar-refractivity contribution in [3.05, 3.63) is 83.8 Å². The van der Waals surface area contributed by atoms with Crippen molar-refractivity contribution in [3.8, 4) is 11.1 Å². The van der Waals surface area contributed by atoms with Gasteiger partial charge in [0.05, 0.1) is 6.26 Å². The molecule has 1 heterocycles. The Balaban J connectivity index is 1.24. The fraction of sp³-hybridized carbons (Fsp3) is 0.269. The number of hydrogen-bond donors (Lipinski definition) is 3. The number of carbonyl (C=O) groups is 3. The van der Waals surface area contributed by atoms with Gasteiger partial charge in [-0.05, 0) is 53.6 Å². The third-order valence-corrected chi connectivity index (χ3v) is 5.88. The third kappa shape index (κ3) is 5.28. The van der Waals surface area contributed by atoms with Crippen LogP contribution in [0, 0.1) is 0 Å². The van der Waals surface area contributed by atoms with Crippen LogP contribution in [-0.2, 0) is 9.53 Å². The van der Waals surface area contributed by atoms with Gasteiger partial charge in [-0.1, -0.05) is 48.5 Å². The van der Waals surface area contributed by atoms with Crippen LogP contribution in [0.25, 0.3) is 11.1 Å². The fourth-order valence-electron chi connectivity index (χ4n) is 4.21. The second-order valence-electron chi connectivity index (χ2n) is 8.09. The van der Waals surface area contributed by atoms with Crippen LogP contribution in [0.3, 0.4) is 0 Å². The van der Waals surface area contributed by atoms with Crippen LogP contribution in [0.5, 0.6) is 0 Å².